The molecule has 8 heteroatoms. The van der Waals surface area contributed by atoms with E-state index in [0.717, 1.165) is 54.3 Å². The predicted octanol–water partition coefficient (Wildman–Crippen LogP) is 7.15. The van der Waals surface area contributed by atoms with E-state index in [0.29, 0.717) is 11.6 Å². The highest BCUT2D eigenvalue weighted by Gasteiger charge is 2.12. The van der Waals surface area contributed by atoms with Crippen molar-refractivity contribution in [3.63, 3.8) is 0 Å². The van der Waals surface area contributed by atoms with Crippen LogP contribution in [0.3, 0.4) is 0 Å². The zero-order valence-corrected chi connectivity index (χ0v) is 21.6. The Bertz CT molecular complexity index is 1740. The van der Waals surface area contributed by atoms with Gasteiger partial charge in [0.15, 0.2) is 5.82 Å². The third kappa shape index (κ3) is 4.69. The smallest absolute Gasteiger partial charge is 0.161 e. The van der Waals surface area contributed by atoms with E-state index in [1.165, 1.54) is 0 Å². The topological polar surface area (TPSA) is 82.1 Å². The number of hydrogen-bond acceptors (Lipinski definition) is 8. The lowest BCUT2D eigenvalue weighted by molar-refractivity contribution is 0.413. The molecule has 6 rings (SSSR count). The Morgan fingerprint density at radius 1 is 0.737 bits per heavy atom. The summed E-state index contributed by atoms with van der Waals surface area (Å²) in [5, 5.41) is 14.6. The van der Waals surface area contributed by atoms with Gasteiger partial charge in [-0.2, -0.15) is 0 Å². The lowest BCUT2D eigenvalue weighted by Crippen LogP contribution is -1.99. The number of rotatable bonds is 7. The van der Waals surface area contributed by atoms with Crippen molar-refractivity contribution in [1.29, 1.82) is 0 Å². The molecule has 0 aliphatic heterocycles. The second-order valence-electron chi connectivity index (χ2n) is 8.47. The van der Waals surface area contributed by atoms with E-state index in [4.69, 9.17) is 9.47 Å². The van der Waals surface area contributed by atoms with E-state index in [9.17, 15) is 0 Å². The van der Waals surface area contributed by atoms with Gasteiger partial charge in [-0.1, -0.05) is 36.0 Å². The summed E-state index contributed by atoms with van der Waals surface area (Å²) in [6.07, 6.45) is 3.51. The molecule has 0 amide bonds. The Labute approximate surface area is 223 Å². The molecule has 0 atom stereocenters. The largest absolute Gasteiger partial charge is 0.497 e. The Morgan fingerprint density at radius 2 is 1.50 bits per heavy atom. The van der Waals surface area contributed by atoms with E-state index < -0.39 is 0 Å². The normalized spacial score (nSPS) is 11.0. The second-order valence-corrected chi connectivity index (χ2v) is 9.59. The van der Waals surface area contributed by atoms with Crippen molar-refractivity contribution in [3.05, 3.63) is 97.3 Å². The lowest BCUT2D eigenvalue weighted by atomic mass is 10.0. The van der Waals surface area contributed by atoms with Crippen LogP contribution in [-0.2, 0) is 0 Å². The number of nitrogens with one attached hydrogen (secondary N) is 1. The van der Waals surface area contributed by atoms with Crippen molar-refractivity contribution >= 4 is 45.1 Å². The van der Waals surface area contributed by atoms with Crippen LogP contribution in [0, 0.1) is 0 Å². The van der Waals surface area contributed by atoms with E-state index >= 15 is 0 Å². The Morgan fingerprint density at radius 3 is 2.26 bits per heavy atom. The number of pyridine rings is 2. The van der Waals surface area contributed by atoms with E-state index in [1.807, 2.05) is 60.7 Å². The number of methoxy groups -OCH3 is 2. The molecule has 0 bridgehead atoms. The number of fused-ring (bicyclic) bond motifs is 2. The van der Waals surface area contributed by atoms with Gasteiger partial charge in [-0.25, -0.2) is 4.98 Å². The van der Waals surface area contributed by atoms with Gasteiger partial charge in [0.2, 0.25) is 0 Å². The van der Waals surface area contributed by atoms with Gasteiger partial charge in [-0.15, -0.1) is 10.2 Å². The van der Waals surface area contributed by atoms with Crippen LogP contribution in [0.15, 0.2) is 107 Å². The van der Waals surface area contributed by atoms with Gasteiger partial charge in [0.25, 0.3) is 0 Å². The Kier molecular flexibility index (Phi) is 6.46. The maximum absolute atomic E-state index is 5.29. The molecule has 3 aromatic heterocycles. The third-order valence-electron chi connectivity index (χ3n) is 6.15. The quantitative estimate of drug-likeness (QED) is 0.239. The van der Waals surface area contributed by atoms with E-state index in [-0.39, 0.29) is 0 Å². The number of anilines is 2. The molecule has 0 fully saturated rings. The summed E-state index contributed by atoms with van der Waals surface area (Å²) in [5.74, 6) is 2.20. The van der Waals surface area contributed by atoms with Crippen LogP contribution in [0.1, 0.15) is 0 Å². The first-order valence-electron chi connectivity index (χ1n) is 12.0. The summed E-state index contributed by atoms with van der Waals surface area (Å²) in [7, 11) is 3.28. The molecule has 0 radical (unpaired) electrons. The molecular formula is C30H23N5O2S. The van der Waals surface area contributed by atoms with Crippen LogP contribution >= 0.6 is 11.8 Å². The second kappa shape index (κ2) is 10.4. The van der Waals surface area contributed by atoms with Crippen LogP contribution in [0.4, 0.5) is 11.5 Å². The first-order valence-corrected chi connectivity index (χ1v) is 12.8. The van der Waals surface area contributed by atoms with Gasteiger partial charge in [-0.05, 0) is 54.6 Å². The minimum absolute atomic E-state index is 0.690. The zero-order valence-electron chi connectivity index (χ0n) is 20.8. The molecule has 0 aliphatic carbocycles. The highest BCUT2D eigenvalue weighted by atomic mass is 32.2. The van der Waals surface area contributed by atoms with Crippen molar-refractivity contribution < 1.29 is 9.47 Å². The molecule has 3 heterocycles. The Hall–Kier alpha value is -4.69. The molecule has 6 aromatic rings. The highest BCUT2D eigenvalue weighted by molar-refractivity contribution is 7.99. The SMILES string of the molecule is COc1ccc(-c2nnc(Nc3ccc(Sc4ccnc5cc(OC)cnc45)cc3)c3ccccc23)cc1. The lowest BCUT2D eigenvalue weighted by Gasteiger charge is -2.12. The number of aromatic nitrogens is 4. The van der Waals surface area contributed by atoms with Gasteiger partial charge >= 0.3 is 0 Å². The third-order valence-corrected chi connectivity index (χ3v) is 7.20. The average molecular weight is 518 g/mol. The van der Waals surface area contributed by atoms with Gasteiger partial charge < -0.3 is 14.8 Å². The molecule has 186 valence electrons. The molecule has 0 spiro atoms. The molecular weight excluding hydrogens is 494 g/mol. The van der Waals surface area contributed by atoms with Crippen LogP contribution < -0.4 is 14.8 Å². The summed E-state index contributed by atoms with van der Waals surface area (Å²) in [4.78, 5) is 11.1. The van der Waals surface area contributed by atoms with Crippen LogP contribution in [-0.4, -0.2) is 34.4 Å². The van der Waals surface area contributed by atoms with Gasteiger partial charge in [0.1, 0.15) is 22.7 Å². The number of ether oxygens (including phenoxy) is 2. The molecule has 0 aliphatic rings. The standard InChI is InChI=1S/C30H23N5O2S/c1-36-21-11-7-19(8-12-21)28-24-5-3-4-6-25(24)30(35-34-28)33-20-9-13-23(14-10-20)38-27-15-16-31-26-17-22(37-2)18-32-29(26)27/h3-18H,1-2H3,(H,33,35). The maximum atomic E-state index is 5.29. The average Bonchev–Trinajstić information content (AvgIpc) is 2.98. The summed E-state index contributed by atoms with van der Waals surface area (Å²) in [6.45, 7) is 0. The molecule has 38 heavy (non-hydrogen) atoms. The van der Waals surface area contributed by atoms with Crippen LogP contribution in [0.25, 0.3) is 33.1 Å². The van der Waals surface area contributed by atoms with E-state index in [2.05, 4.69) is 49.7 Å². The van der Waals surface area contributed by atoms with Crippen molar-refractivity contribution in [2.75, 3.05) is 19.5 Å². The summed E-state index contributed by atoms with van der Waals surface area (Å²) in [5.41, 5.74) is 4.39. The minimum Gasteiger partial charge on any atom is -0.497 e. The molecule has 0 saturated heterocycles. The van der Waals surface area contributed by atoms with Crippen molar-refractivity contribution in [1.82, 2.24) is 20.2 Å². The zero-order chi connectivity index (χ0) is 25.9. The van der Waals surface area contributed by atoms with Crippen LogP contribution in [0.2, 0.25) is 0 Å². The molecule has 7 nitrogen and oxygen atoms in total. The van der Waals surface area contributed by atoms with Crippen molar-refractivity contribution in [2.45, 2.75) is 9.79 Å². The first kappa shape index (κ1) is 23.7. The van der Waals surface area contributed by atoms with E-state index in [1.54, 1.807) is 38.4 Å². The number of nitrogens with zero attached hydrogens (tertiary/aromatic N) is 4. The fourth-order valence-electron chi connectivity index (χ4n) is 4.21. The monoisotopic (exact) mass is 517 g/mol. The molecule has 1 N–H and O–H groups in total. The van der Waals surface area contributed by atoms with Gasteiger partial charge in [0, 0.05) is 44.1 Å². The summed E-state index contributed by atoms with van der Waals surface area (Å²) in [6, 6.07) is 28.1. The number of benzene rings is 3. The fourth-order valence-corrected chi connectivity index (χ4v) is 5.12. The predicted molar refractivity (Wildman–Crippen MR) is 151 cm³/mol. The Balaban J connectivity index is 1.25. The fraction of sp³-hybridized carbons (Fsp3) is 0.0667. The molecule has 0 saturated carbocycles. The van der Waals surface area contributed by atoms with Crippen molar-refractivity contribution in [3.8, 4) is 22.8 Å². The van der Waals surface area contributed by atoms with Gasteiger partial charge in [-0.3, -0.25) is 4.98 Å². The molecule has 0 unspecified atom stereocenters. The number of hydrogen-bond donors (Lipinski definition) is 1. The summed E-state index contributed by atoms with van der Waals surface area (Å²) < 4.78 is 10.6. The van der Waals surface area contributed by atoms with Crippen LogP contribution in [0.5, 0.6) is 11.5 Å². The van der Waals surface area contributed by atoms with Crippen molar-refractivity contribution in [2.24, 2.45) is 0 Å². The maximum Gasteiger partial charge on any atom is 0.161 e. The highest BCUT2D eigenvalue weighted by Crippen LogP contribution is 2.35. The van der Waals surface area contributed by atoms with Gasteiger partial charge in [0.05, 0.1) is 25.9 Å². The first-order chi connectivity index (χ1) is 18.7. The molecule has 3 aromatic carbocycles. The summed E-state index contributed by atoms with van der Waals surface area (Å²) >= 11 is 1.64. The minimum atomic E-state index is 0.690.